The predicted molar refractivity (Wildman–Crippen MR) is 103 cm³/mol. The Morgan fingerprint density at radius 2 is 1.88 bits per heavy atom. The third-order valence-corrected chi connectivity index (χ3v) is 5.45. The average Bonchev–Trinajstić information content (AvgIpc) is 3.17. The molecule has 0 aliphatic carbocycles. The Hall–Kier alpha value is -2.34. The zero-order valence-corrected chi connectivity index (χ0v) is 15.9. The molecule has 0 fully saturated rings. The second kappa shape index (κ2) is 7.27. The van der Waals surface area contributed by atoms with Gasteiger partial charge in [-0.15, -0.1) is 0 Å². The van der Waals surface area contributed by atoms with E-state index in [1.165, 1.54) is 17.0 Å². The highest BCUT2D eigenvalue weighted by Gasteiger charge is 2.19. The molecule has 25 heavy (non-hydrogen) atoms. The summed E-state index contributed by atoms with van der Waals surface area (Å²) < 4.78 is 7.07. The Balaban J connectivity index is 1.91. The van der Waals surface area contributed by atoms with Crippen LogP contribution >= 0.6 is 11.3 Å². The van der Waals surface area contributed by atoms with Gasteiger partial charge in [-0.25, -0.2) is 9.78 Å². The van der Waals surface area contributed by atoms with Crippen molar-refractivity contribution in [2.75, 3.05) is 24.6 Å². The third-order valence-electron chi connectivity index (χ3n) is 4.31. The molecule has 0 aliphatic heterocycles. The number of carbonyl (C=O) groups excluding carboxylic acids is 1. The lowest BCUT2D eigenvalue weighted by Gasteiger charge is -2.20. The van der Waals surface area contributed by atoms with Gasteiger partial charge in [0.05, 0.1) is 12.3 Å². The highest BCUT2D eigenvalue weighted by Crippen LogP contribution is 2.28. The van der Waals surface area contributed by atoms with Crippen LogP contribution in [0.4, 0.5) is 5.69 Å². The van der Waals surface area contributed by atoms with E-state index in [1.807, 2.05) is 24.4 Å². The lowest BCUT2D eigenvalue weighted by molar-refractivity contribution is 0.0531. The van der Waals surface area contributed by atoms with Crippen LogP contribution in [0.5, 0.6) is 0 Å². The van der Waals surface area contributed by atoms with Crippen LogP contribution < -0.4 is 4.90 Å². The minimum atomic E-state index is -0.277. The summed E-state index contributed by atoms with van der Waals surface area (Å²) in [5, 5.41) is 0. The lowest BCUT2D eigenvalue weighted by Crippen LogP contribution is -2.21. The number of anilines is 1. The number of nitrogens with zero attached hydrogens (tertiary/aromatic N) is 3. The van der Waals surface area contributed by atoms with Crippen molar-refractivity contribution >= 4 is 28.0 Å². The summed E-state index contributed by atoms with van der Waals surface area (Å²) >= 11 is 1.37. The largest absolute Gasteiger partial charge is 0.462 e. The number of ether oxygens (including phenoxy) is 1. The molecule has 0 saturated carbocycles. The minimum Gasteiger partial charge on any atom is -0.462 e. The van der Waals surface area contributed by atoms with Crippen LogP contribution in [0.2, 0.25) is 0 Å². The van der Waals surface area contributed by atoms with E-state index in [0.29, 0.717) is 11.5 Å². The molecule has 6 heteroatoms. The van der Waals surface area contributed by atoms with Crippen molar-refractivity contribution in [2.24, 2.45) is 0 Å². The summed E-state index contributed by atoms with van der Waals surface area (Å²) in [6, 6.07) is 8.46. The molecule has 0 unspecified atom stereocenters. The Morgan fingerprint density at radius 3 is 2.44 bits per heavy atom. The maximum atomic E-state index is 12.0. The zero-order chi connectivity index (χ0) is 18.0. The molecule has 0 amide bonds. The normalized spacial score (nSPS) is 11.0. The van der Waals surface area contributed by atoms with E-state index in [1.54, 1.807) is 0 Å². The van der Waals surface area contributed by atoms with Crippen LogP contribution in [0.1, 0.15) is 36.1 Å². The first-order valence-electron chi connectivity index (χ1n) is 8.60. The number of thiazole rings is 1. The van der Waals surface area contributed by atoms with Gasteiger partial charge in [-0.1, -0.05) is 23.5 Å². The van der Waals surface area contributed by atoms with Gasteiger partial charge >= 0.3 is 5.97 Å². The average molecular weight is 357 g/mol. The molecule has 0 spiro atoms. The molecule has 3 aromatic rings. The van der Waals surface area contributed by atoms with E-state index in [-0.39, 0.29) is 5.97 Å². The van der Waals surface area contributed by atoms with Gasteiger partial charge in [-0.3, -0.25) is 4.40 Å². The first-order chi connectivity index (χ1) is 12.1. The topological polar surface area (TPSA) is 46.8 Å². The molecular weight excluding hydrogens is 334 g/mol. The van der Waals surface area contributed by atoms with Gasteiger partial charge in [0.1, 0.15) is 4.88 Å². The van der Waals surface area contributed by atoms with Crippen LogP contribution in [0.3, 0.4) is 0 Å². The number of esters is 1. The first-order valence-corrected chi connectivity index (χ1v) is 9.41. The zero-order valence-electron chi connectivity index (χ0n) is 15.1. The molecule has 2 heterocycles. The predicted octanol–water partition coefficient (Wildman–Crippen LogP) is 4.39. The van der Waals surface area contributed by atoms with Crippen molar-refractivity contribution in [3.8, 4) is 11.3 Å². The summed E-state index contributed by atoms with van der Waals surface area (Å²) in [7, 11) is 0. The number of aromatic nitrogens is 2. The van der Waals surface area contributed by atoms with Crippen LogP contribution in [-0.2, 0) is 4.74 Å². The fourth-order valence-corrected chi connectivity index (χ4v) is 3.91. The standard InChI is InChI=1S/C19H23N3O2S/c1-5-21(6-2)15-10-8-14(9-11-15)16-12-22-13(4)17(18(23)24-7-3)25-19(22)20-16/h8-12H,5-7H2,1-4H3. The SMILES string of the molecule is CCOC(=O)c1sc2nc(-c3ccc(N(CC)CC)cc3)cn2c1C. The van der Waals surface area contributed by atoms with E-state index in [9.17, 15) is 4.79 Å². The molecule has 132 valence electrons. The van der Waals surface area contributed by atoms with E-state index >= 15 is 0 Å². The fourth-order valence-electron chi connectivity index (χ4n) is 2.91. The first kappa shape index (κ1) is 17.5. The van der Waals surface area contributed by atoms with Gasteiger partial charge in [0, 0.05) is 36.2 Å². The fraction of sp³-hybridized carbons (Fsp3) is 0.368. The third kappa shape index (κ3) is 3.26. The molecule has 1 aromatic carbocycles. The van der Waals surface area contributed by atoms with E-state index < -0.39 is 0 Å². The quantitative estimate of drug-likeness (QED) is 0.614. The number of benzene rings is 1. The summed E-state index contributed by atoms with van der Waals surface area (Å²) in [5.41, 5.74) is 4.08. The molecule has 0 radical (unpaired) electrons. The van der Waals surface area contributed by atoms with Gasteiger partial charge in [0.15, 0.2) is 4.96 Å². The van der Waals surface area contributed by atoms with E-state index in [2.05, 4.69) is 48.0 Å². The van der Waals surface area contributed by atoms with E-state index in [4.69, 9.17) is 4.74 Å². The molecule has 0 bridgehead atoms. The lowest BCUT2D eigenvalue weighted by atomic mass is 10.1. The minimum absolute atomic E-state index is 0.277. The Morgan fingerprint density at radius 1 is 1.20 bits per heavy atom. The van der Waals surface area contributed by atoms with Crippen molar-refractivity contribution < 1.29 is 9.53 Å². The number of fused-ring (bicyclic) bond motifs is 1. The van der Waals surface area contributed by atoms with Crippen LogP contribution in [-0.4, -0.2) is 35.1 Å². The summed E-state index contributed by atoms with van der Waals surface area (Å²) in [6.07, 6.45) is 1.98. The van der Waals surface area contributed by atoms with Crippen molar-refractivity contribution in [1.29, 1.82) is 0 Å². The van der Waals surface area contributed by atoms with Crippen molar-refractivity contribution in [2.45, 2.75) is 27.7 Å². The molecule has 2 aromatic heterocycles. The molecule has 3 rings (SSSR count). The van der Waals surface area contributed by atoms with Gasteiger partial charge in [0.25, 0.3) is 0 Å². The van der Waals surface area contributed by atoms with E-state index in [0.717, 1.165) is 35.0 Å². The second-order valence-corrected chi connectivity index (χ2v) is 6.71. The smallest absolute Gasteiger partial charge is 0.350 e. The van der Waals surface area contributed by atoms with Crippen molar-refractivity contribution in [3.05, 3.63) is 41.0 Å². The Labute approximate surface area is 151 Å². The number of aryl methyl sites for hydroxylation is 1. The summed E-state index contributed by atoms with van der Waals surface area (Å²) in [4.78, 5) is 20.4. The molecule has 0 aliphatic rings. The van der Waals surface area contributed by atoms with Gasteiger partial charge in [-0.2, -0.15) is 0 Å². The van der Waals surface area contributed by atoms with Gasteiger partial charge < -0.3 is 9.64 Å². The van der Waals surface area contributed by atoms with Gasteiger partial charge in [-0.05, 0) is 39.8 Å². The summed E-state index contributed by atoms with van der Waals surface area (Å²) in [6.45, 7) is 10.4. The maximum Gasteiger partial charge on any atom is 0.350 e. The maximum absolute atomic E-state index is 12.0. The van der Waals surface area contributed by atoms with Crippen molar-refractivity contribution in [1.82, 2.24) is 9.38 Å². The van der Waals surface area contributed by atoms with Crippen molar-refractivity contribution in [3.63, 3.8) is 0 Å². The molecule has 0 atom stereocenters. The number of imidazole rings is 1. The number of carbonyl (C=O) groups is 1. The molecule has 0 N–H and O–H groups in total. The van der Waals surface area contributed by atoms with Crippen LogP contribution in [0, 0.1) is 6.92 Å². The Bertz CT molecular complexity index is 876. The Kier molecular flexibility index (Phi) is 5.08. The molecule has 5 nitrogen and oxygen atoms in total. The highest BCUT2D eigenvalue weighted by atomic mass is 32.1. The van der Waals surface area contributed by atoms with Crippen LogP contribution in [0.15, 0.2) is 30.5 Å². The van der Waals surface area contributed by atoms with Gasteiger partial charge in [0.2, 0.25) is 0 Å². The molecular formula is C19H23N3O2S. The number of hydrogen-bond acceptors (Lipinski definition) is 5. The monoisotopic (exact) mass is 357 g/mol. The van der Waals surface area contributed by atoms with Crippen LogP contribution in [0.25, 0.3) is 16.2 Å². The summed E-state index contributed by atoms with van der Waals surface area (Å²) in [5.74, 6) is -0.277. The highest BCUT2D eigenvalue weighted by molar-refractivity contribution is 7.19. The number of hydrogen-bond donors (Lipinski definition) is 0. The second-order valence-electron chi connectivity index (χ2n) is 5.73. The number of rotatable bonds is 6. The molecule has 0 saturated heterocycles.